The third kappa shape index (κ3) is 8.46. The van der Waals surface area contributed by atoms with E-state index in [1.807, 2.05) is 60.7 Å². The van der Waals surface area contributed by atoms with E-state index in [9.17, 15) is 9.59 Å². The molecule has 0 heterocycles. The summed E-state index contributed by atoms with van der Waals surface area (Å²) in [5, 5.41) is 8.65. The maximum absolute atomic E-state index is 12.6. The molecule has 38 heavy (non-hydrogen) atoms. The van der Waals surface area contributed by atoms with Gasteiger partial charge in [-0.2, -0.15) is 0 Å². The molecule has 192 valence electrons. The van der Waals surface area contributed by atoms with Crippen LogP contribution in [0.3, 0.4) is 0 Å². The van der Waals surface area contributed by atoms with Gasteiger partial charge in [0.1, 0.15) is 24.7 Å². The molecule has 4 aromatic rings. The van der Waals surface area contributed by atoms with Gasteiger partial charge >= 0.3 is 0 Å². The number of ether oxygens (including phenoxy) is 2. The quantitative estimate of drug-likeness (QED) is 0.188. The van der Waals surface area contributed by atoms with Gasteiger partial charge in [-0.15, -0.1) is 0 Å². The van der Waals surface area contributed by atoms with E-state index >= 15 is 0 Å². The van der Waals surface area contributed by atoms with E-state index in [-0.39, 0.29) is 23.3 Å². The van der Waals surface area contributed by atoms with Gasteiger partial charge in [0, 0.05) is 16.9 Å². The Kier molecular flexibility index (Phi) is 9.42. The van der Waals surface area contributed by atoms with Crippen molar-refractivity contribution in [2.24, 2.45) is 0 Å². The summed E-state index contributed by atoms with van der Waals surface area (Å²) in [6.07, 6.45) is 0.276. The molecule has 4 aromatic carbocycles. The molecule has 0 saturated carbocycles. The van der Waals surface area contributed by atoms with Crippen molar-refractivity contribution in [3.05, 3.63) is 120 Å². The number of para-hydroxylation sites is 1. The molecule has 0 aromatic heterocycles. The molecule has 8 heteroatoms. The van der Waals surface area contributed by atoms with Crippen molar-refractivity contribution in [3.8, 4) is 11.5 Å². The maximum Gasteiger partial charge on any atom is 0.257 e. The lowest BCUT2D eigenvalue weighted by Crippen LogP contribution is -2.34. The van der Waals surface area contributed by atoms with Gasteiger partial charge in [0.25, 0.3) is 5.91 Å². The highest BCUT2D eigenvalue weighted by molar-refractivity contribution is 7.80. The fraction of sp³-hybridized carbons (Fsp3) is 0.100. The van der Waals surface area contributed by atoms with E-state index in [4.69, 9.17) is 21.7 Å². The number of hydrogen-bond acceptors (Lipinski definition) is 5. The Morgan fingerprint density at radius 2 is 1.24 bits per heavy atom. The van der Waals surface area contributed by atoms with Crippen molar-refractivity contribution in [1.29, 1.82) is 0 Å². The Morgan fingerprint density at radius 1 is 0.658 bits per heavy atom. The highest BCUT2D eigenvalue weighted by atomic mass is 32.1. The molecule has 3 N–H and O–H groups in total. The van der Waals surface area contributed by atoms with Crippen molar-refractivity contribution in [1.82, 2.24) is 5.32 Å². The van der Waals surface area contributed by atoms with Gasteiger partial charge in [-0.05, 0) is 72.4 Å². The Bertz CT molecular complexity index is 1360. The first kappa shape index (κ1) is 26.4. The van der Waals surface area contributed by atoms with Gasteiger partial charge in [0.15, 0.2) is 5.11 Å². The van der Waals surface area contributed by atoms with Gasteiger partial charge in [0.2, 0.25) is 5.91 Å². The standard InChI is InChI=1S/C30H27N3O4S/c34-28(20-22-8-3-1-4-9-22)31-24-10-7-11-25(21-24)32-30(38)33-29(35)23-14-16-27(17-15-23)37-19-18-36-26-12-5-2-6-13-26/h1-17,21H,18-20H2,(H,31,34)(H2,32,33,35,38). The van der Waals surface area contributed by atoms with Crippen LogP contribution in [-0.2, 0) is 11.2 Å². The normalized spacial score (nSPS) is 10.2. The second-order valence-electron chi connectivity index (χ2n) is 8.23. The fourth-order valence-electron chi connectivity index (χ4n) is 3.54. The SMILES string of the molecule is O=C(Cc1ccccc1)Nc1cccc(NC(=S)NC(=O)c2ccc(OCCOc3ccccc3)cc2)c1. The zero-order valence-corrected chi connectivity index (χ0v) is 21.4. The van der Waals surface area contributed by atoms with Crippen LogP contribution in [0.2, 0.25) is 0 Å². The van der Waals surface area contributed by atoms with Crippen LogP contribution in [-0.4, -0.2) is 30.1 Å². The van der Waals surface area contributed by atoms with E-state index in [0.29, 0.717) is 35.9 Å². The maximum atomic E-state index is 12.6. The van der Waals surface area contributed by atoms with Gasteiger partial charge in [-0.25, -0.2) is 0 Å². The third-order valence-corrected chi connectivity index (χ3v) is 5.52. The number of anilines is 2. The number of amides is 2. The first-order chi connectivity index (χ1) is 18.5. The minimum atomic E-state index is -0.353. The first-order valence-electron chi connectivity index (χ1n) is 12.0. The molecule has 0 saturated heterocycles. The van der Waals surface area contributed by atoms with Crippen LogP contribution in [0.1, 0.15) is 15.9 Å². The average molecular weight is 526 g/mol. The van der Waals surface area contributed by atoms with Crippen molar-refractivity contribution >= 4 is 40.5 Å². The molecule has 2 amide bonds. The summed E-state index contributed by atoms with van der Waals surface area (Å²) >= 11 is 5.30. The Labute approximate surface area is 226 Å². The number of rotatable bonds is 10. The van der Waals surface area contributed by atoms with Crippen molar-refractivity contribution in [2.45, 2.75) is 6.42 Å². The topological polar surface area (TPSA) is 88.7 Å². The number of hydrogen-bond donors (Lipinski definition) is 3. The molecular formula is C30H27N3O4S. The predicted octanol–water partition coefficient (Wildman–Crippen LogP) is 5.45. The second kappa shape index (κ2) is 13.6. The van der Waals surface area contributed by atoms with E-state index < -0.39 is 0 Å². The summed E-state index contributed by atoms with van der Waals surface area (Å²) in [5.74, 6) is 0.937. The van der Waals surface area contributed by atoms with Crippen molar-refractivity contribution in [2.75, 3.05) is 23.8 Å². The lowest BCUT2D eigenvalue weighted by atomic mass is 10.1. The minimum absolute atomic E-state index is 0.125. The number of benzene rings is 4. The van der Waals surface area contributed by atoms with Crippen LogP contribution in [0, 0.1) is 0 Å². The van der Waals surface area contributed by atoms with Crippen LogP contribution in [0.15, 0.2) is 109 Å². The lowest BCUT2D eigenvalue weighted by molar-refractivity contribution is -0.115. The fourth-order valence-corrected chi connectivity index (χ4v) is 3.75. The summed E-state index contributed by atoms with van der Waals surface area (Å²) in [5.41, 5.74) is 2.62. The van der Waals surface area contributed by atoms with Crippen LogP contribution < -0.4 is 25.4 Å². The average Bonchev–Trinajstić information content (AvgIpc) is 2.92. The van der Waals surface area contributed by atoms with Gasteiger partial charge < -0.3 is 20.1 Å². The van der Waals surface area contributed by atoms with Gasteiger partial charge in [0.05, 0.1) is 6.42 Å². The minimum Gasteiger partial charge on any atom is -0.490 e. The molecule has 0 radical (unpaired) electrons. The number of carbonyl (C=O) groups excluding carboxylic acids is 2. The largest absolute Gasteiger partial charge is 0.490 e. The summed E-state index contributed by atoms with van der Waals surface area (Å²) in [6.45, 7) is 0.782. The van der Waals surface area contributed by atoms with E-state index in [2.05, 4.69) is 16.0 Å². The summed E-state index contributed by atoms with van der Waals surface area (Å²) in [7, 11) is 0. The van der Waals surface area contributed by atoms with Crippen LogP contribution in [0.5, 0.6) is 11.5 Å². The first-order valence-corrected chi connectivity index (χ1v) is 12.4. The molecule has 0 bridgehead atoms. The Balaban J connectivity index is 1.21. The predicted molar refractivity (Wildman–Crippen MR) is 153 cm³/mol. The molecule has 0 atom stereocenters. The van der Waals surface area contributed by atoms with Crippen molar-refractivity contribution < 1.29 is 19.1 Å². The molecule has 0 fully saturated rings. The molecule has 0 unspecified atom stereocenters. The molecular weight excluding hydrogens is 498 g/mol. The lowest BCUT2D eigenvalue weighted by Gasteiger charge is -2.12. The van der Waals surface area contributed by atoms with Crippen molar-refractivity contribution in [3.63, 3.8) is 0 Å². The molecule has 0 aliphatic heterocycles. The second-order valence-corrected chi connectivity index (χ2v) is 8.64. The third-order valence-electron chi connectivity index (χ3n) is 5.32. The highest BCUT2D eigenvalue weighted by Crippen LogP contribution is 2.16. The highest BCUT2D eigenvalue weighted by Gasteiger charge is 2.10. The molecule has 4 rings (SSSR count). The monoisotopic (exact) mass is 525 g/mol. The number of thiocarbonyl (C=S) groups is 1. The van der Waals surface area contributed by atoms with Crippen LogP contribution >= 0.6 is 12.2 Å². The summed E-state index contributed by atoms with van der Waals surface area (Å²) < 4.78 is 11.3. The number of carbonyl (C=O) groups is 2. The molecule has 7 nitrogen and oxygen atoms in total. The Morgan fingerprint density at radius 3 is 1.89 bits per heavy atom. The van der Waals surface area contributed by atoms with Gasteiger partial charge in [-0.1, -0.05) is 54.6 Å². The van der Waals surface area contributed by atoms with E-state index in [1.165, 1.54) is 0 Å². The molecule has 0 spiro atoms. The number of nitrogens with one attached hydrogen (secondary N) is 3. The van der Waals surface area contributed by atoms with Gasteiger partial charge in [-0.3, -0.25) is 14.9 Å². The van der Waals surface area contributed by atoms with Crippen LogP contribution in [0.4, 0.5) is 11.4 Å². The van der Waals surface area contributed by atoms with E-state index in [1.54, 1.807) is 48.5 Å². The molecule has 0 aliphatic rings. The van der Waals surface area contributed by atoms with Crippen LogP contribution in [0.25, 0.3) is 0 Å². The van der Waals surface area contributed by atoms with E-state index in [0.717, 1.165) is 11.3 Å². The zero-order chi connectivity index (χ0) is 26.6. The molecule has 0 aliphatic carbocycles. The smallest absolute Gasteiger partial charge is 0.257 e. The zero-order valence-electron chi connectivity index (χ0n) is 20.6. The Hall–Kier alpha value is -4.69. The summed E-state index contributed by atoms with van der Waals surface area (Å²) in [6, 6.07) is 32.9. The summed E-state index contributed by atoms with van der Waals surface area (Å²) in [4.78, 5) is 24.9.